The summed E-state index contributed by atoms with van der Waals surface area (Å²) in [6.07, 6.45) is -2.77. The van der Waals surface area contributed by atoms with Gasteiger partial charge in [-0.05, 0) is 0 Å². The molecule has 6 nitrogen and oxygen atoms in total. The van der Waals surface area contributed by atoms with Crippen LogP contribution in [0, 0.1) is 6.61 Å². The van der Waals surface area contributed by atoms with Gasteiger partial charge in [-0.3, -0.25) is 9.59 Å². The topological polar surface area (TPSA) is 100 Å². The second-order valence-corrected chi connectivity index (χ2v) is 3.09. The molecule has 0 aromatic heterocycles. The highest BCUT2D eigenvalue weighted by molar-refractivity contribution is 5.73. The molecule has 0 unspecified atom stereocenters. The van der Waals surface area contributed by atoms with Gasteiger partial charge in [-0.15, -0.1) is 0 Å². The number of hydrogen-bond donors (Lipinski definition) is 3. The van der Waals surface area contributed by atoms with Gasteiger partial charge >= 0.3 is 13.4 Å². The quantitative estimate of drug-likeness (QED) is 0.292. The molecule has 1 heterocycles. The Bertz CT molecular complexity index is 248. The molecule has 14 heavy (non-hydrogen) atoms. The molecule has 6 heteroatoms. The maximum atomic E-state index is 10.7. The van der Waals surface area contributed by atoms with Crippen molar-refractivity contribution in [1.82, 2.24) is 5.32 Å². The van der Waals surface area contributed by atoms with Crippen molar-refractivity contribution < 1.29 is 31.7 Å². The minimum atomic E-state index is -1.26. The van der Waals surface area contributed by atoms with Crippen LogP contribution in [-0.4, -0.2) is 51.6 Å². The smallest absolute Gasteiger partial charge is 0.386 e. The van der Waals surface area contributed by atoms with Gasteiger partial charge in [-0.2, -0.15) is 4.74 Å². The predicted octanol–water partition coefficient (Wildman–Crippen LogP) is -1.49. The average Bonchev–Trinajstić information content (AvgIpc) is 2.13. The summed E-state index contributed by atoms with van der Waals surface area (Å²) in [4.78, 5) is 19.3. The molecule has 78 valence electrons. The van der Waals surface area contributed by atoms with Crippen molar-refractivity contribution in [1.29, 1.82) is 0 Å². The van der Waals surface area contributed by atoms with E-state index in [1.54, 1.807) is 0 Å². The number of nitrogens with one attached hydrogen (secondary N) is 1. The molecule has 0 bridgehead atoms. The molecule has 0 aromatic rings. The van der Waals surface area contributed by atoms with E-state index in [-0.39, 0.29) is 13.0 Å². The molecule has 1 aliphatic rings. The summed E-state index contributed by atoms with van der Waals surface area (Å²) in [5.41, 5.74) is 0. The Morgan fingerprint density at radius 1 is 1.64 bits per heavy atom. The molecule has 1 saturated heterocycles. The molecule has 0 aromatic carbocycles. The maximum Gasteiger partial charge on any atom is 1.00 e. The molecule has 0 saturated carbocycles. The molecular formula is C8H18NO5+7. The van der Waals surface area contributed by atoms with E-state index in [1.165, 1.54) is 13.5 Å². The number of carbonyl (C=O) groups excluding carboxylic acids is 2. The maximum absolute atomic E-state index is 10.7. The van der Waals surface area contributed by atoms with E-state index in [0.29, 0.717) is 6.29 Å². The summed E-state index contributed by atoms with van der Waals surface area (Å²) in [7, 11) is 0. The Hall–Kier alpha value is -1.11. The average molecular weight is 208 g/mol. The van der Waals surface area contributed by atoms with Gasteiger partial charge in [0, 0.05) is 6.92 Å². The second kappa shape index (κ2) is 4.41. The fourth-order valence-electron chi connectivity index (χ4n) is 1.22. The molecule has 1 fully saturated rings. The summed E-state index contributed by atoms with van der Waals surface area (Å²) in [5, 5.41) is 21.2. The number of hydrogen-bond acceptors (Lipinski definition) is 4. The van der Waals surface area contributed by atoms with E-state index in [1.807, 2.05) is 0 Å². The largest absolute Gasteiger partial charge is 1.00 e. The Balaban J connectivity index is -0.000000131. The lowest BCUT2D eigenvalue weighted by atomic mass is 9.99. The lowest BCUT2D eigenvalue weighted by Crippen LogP contribution is -2.57. The van der Waals surface area contributed by atoms with Crippen LogP contribution in [0.3, 0.4) is 0 Å². The zero-order valence-corrected chi connectivity index (χ0v) is 7.62. The van der Waals surface area contributed by atoms with Crippen molar-refractivity contribution in [2.45, 2.75) is 31.3 Å². The Morgan fingerprint density at radius 2 is 2.29 bits per heavy atom. The highest BCUT2D eigenvalue weighted by Crippen LogP contribution is 2.16. The van der Waals surface area contributed by atoms with Crippen LogP contribution >= 0.6 is 0 Å². The van der Waals surface area contributed by atoms with E-state index in [9.17, 15) is 15.0 Å². The van der Waals surface area contributed by atoms with E-state index < -0.39 is 24.4 Å². The molecule has 1 rings (SSSR count). The standard InChI is InChI=1S/C8H11NO5/c1-4(11)9-5-3-14-6(2-10)8(13)7(5)12/h2-3,5-8,12-13H,1H3/p+7/t5-,6+,7+,8+/m0/s1. The van der Waals surface area contributed by atoms with Crippen molar-refractivity contribution in [3.8, 4) is 0 Å². The van der Waals surface area contributed by atoms with Gasteiger partial charge in [0.25, 0.3) is 6.61 Å². The van der Waals surface area contributed by atoms with E-state index in [0.717, 1.165) is 0 Å². The molecule has 1 amide bonds. The van der Waals surface area contributed by atoms with Crippen molar-refractivity contribution in [3.05, 3.63) is 6.61 Å². The first kappa shape index (κ1) is 11.0. The Morgan fingerprint density at radius 3 is 2.79 bits per heavy atom. The summed E-state index contributed by atoms with van der Waals surface area (Å²) >= 11 is 0. The zero-order valence-electron chi connectivity index (χ0n) is 12.6. The van der Waals surface area contributed by atoms with Gasteiger partial charge in [-0.1, -0.05) is 0 Å². The zero-order chi connectivity index (χ0) is 10.7. The van der Waals surface area contributed by atoms with Crippen LogP contribution in [0.4, 0.5) is 0 Å². The lowest BCUT2D eigenvalue weighted by Gasteiger charge is -2.26. The third-order valence-corrected chi connectivity index (χ3v) is 1.95. The molecule has 4 N–H and O–H groups in total. The van der Waals surface area contributed by atoms with Gasteiger partial charge < -0.3 is 15.5 Å². The fraction of sp³-hybridized carbons (Fsp3) is 0.625. The number of rotatable bonds is 2. The SMILES string of the molecule is CC(=O)N[C@H]1[CH+]O[C@H](C=[OH+])[C@@H](O)[C@@H]1O.[H+].[H+].[H+].[H+].[H+]. The highest BCUT2D eigenvalue weighted by Gasteiger charge is 2.47. The summed E-state index contributed by atoms with van der Waals surface area (Å²) in [6.45, 7) is 2.47. The van der Waals surface area contributed by atoms with E-state index in [4.69, 9.17) is 9.53 Å². The monoisotopic (exact) mass is 208 g/mol. The van der Waals surface area contributed by atoms with Crippen molar-refractivity contribution >= 4 is 12.2 Å². The number of ether oxygens (including phenoxy) is 1. The highest BCUT2D eigenvalue weighted by atomic mass is 16.5. The predicted molar refractivity (Wildman–Crippen MR) is 52.4 cm³/mol. The number of aldehydes is 1. The van der Waals surface area contributed by atoms with Gasteiger partial charge in [0.15, 0.2) is 0 Å². The summed E-state index contributed by atoms with van der Waals surface area (Å²) in [5.74, 6) is -0.340. The molecule has 0 radical (unpaired) electrons. The van der Waals surface area contributed by atoms with Gasteiger partial charge in [0.2, 0.25) is 18.1 Å². The van der Waals surface area contributed by atoms with Gasteiger partial charge in [0.1, 0.15) is 12.2 Å². The number of amides is 1. The number of aliphatic hydroxyl groups excluding tert-OH is 2. The van der Waals surface area contributed by atoms with Gasteiger partial charge in [0.05, 0.1) is 0 Å². The molecule has 1 aliphatic heterocycles. The fourth-order valence-corrected chi connectivity index (χ4v) is 1.22. The lowest BCUT2D eigenvalue weighted by molar-refractivity contribution is -0.127. The van der Waals surface area contributed by atoms with E-state index in [2.05, 4.69) is 5.32 Å². The first-order chi connectivity index (χ1) is 6.56. The van der Waals surface area contributed by atoms with Crippen LogP contribution in [0.2, 0.25) is 0 Å². The Labute approximate surface area is 88.3 Å². The summed E-state index contributed by atoms with van der Waals surface area (Å²) < 4.78 is 4.87. The normalized spacial score (nSPS) is 37.1. The van der Waals surface area contributed by atoms with Crippen molar-refractivity contribution in [2.24, 2.45) is 0 Å². The van der Waals surface area contributed by atoms with Crippen LogP contribution in [0.15, 0.2) is 0 Å². The van der Waals surface area contributed by atoms with Crippen LogP contribution in [0.1, 0.15) is 14.1 Å². The molecular weight excluding hydrogens is 190 g/mol. The minimum Gasteiger partial charge on any atom is -0.386 e. The van der Waals surface area contributed by atoms with Crippen LogP contribution < -0.4 is 5.32 Å². The van der Waals surface area contributed by atoms with Crippen LogP contribution in [0.25, 0.3) is 0 Å². The summed E-state index contributed by atoms with van der Waals surface area (Å²) in [6, 6.07) is -0.765. The number of carbonyl (C=O) groups is 1. The first-order valence-corrected chi connectivity index (χ1v) is 4.16. The van der Waals surface area contributed by atoms with Gasteiger partial charge in [-0.25, -0.2) is 0 Å². The minimum absolute atomic E-state index is 0. The first-order valence-electron chi connectivity index (χ1n) is 4.16. The van der Waals surface area contributed by atoms with Crippen LogP contribution in [0.5, 0.6) is 0 Å². The molecule has 4 atom stereocenters. The molecule has 0 spiro atoms. The number of aliphatic hydroxyl groups is 2. The van der Waals surface area contributed by atoms with E-state index >= 15 is 0 Å². The Kier molecular flexibility index (Phi) is 3.45. The second-order valence-electron chi connectivity index (χ2n) is 3.09. The van der Waals surface area contributed by atoms with Crippen LogP contribution in [-0.2, 0) is 9.53 Å². The van der Waals surface area contributed by atoms with Crippen molar-refractivity contribution in [3.63, 3.8) is 0 Å². The third kappa shape index (κ3) is 2.22. The third-order valence-electron chi connectivity index (χ3n) is 1.95. The molecule has 0 aliphatic carbocycles. The van der Waals surface area contributed by atoms with Crippen molar-refractivity contribution in [2.75, 3.05) is 0 Å².